The number of thioether (sulfide) groups is 1. The second-order valence-corrected chi connectivity index (χ2v) is 6.23. The maximum atomic E-state index is 3.67. The van der Waals surface area contributed by atoms with Gasteiger partial charge in [-0.15, -0.1) is 0 Å². The number of hydrogen-bond acceptors (Lipinski definition) is 3. The van der Waals surface area contributed by atoms with Crippen molar-refractivity contribution in [3.63, 3.8) is 0 Å². The molecule has 0 radical (unpaired) electrons. The van der Waals surface area contributed by atoms with Crippen LogP contribution >= 0.6 is 11.8 Å². The molecule has 1 N–H and O–H groups in total. The Kier molecular flexibility index (Phi) is 3.30. The molecular weight excluding hydrogens is 228 g/mol. The van der Waals surface area contributed by atoms with E-state index in [0.29, 0.717) is 0 Å². The Morgan fingerprint density at radius 1 is 1.47 bits per heavy atom. The summed E-state index contributed by atoms with van der Waals surface area (Å²) in [6.45, 7) is 2.20. The summed E-state index contributed by atoms with van der Waals surface area (Å²) in [6, 6.07) is 7.67. The Balaban J connectivity index is 1.64. The maximum absolute atomic E-state index is 3.67. The average Bonchev–Trinajstić information content (AvgIpc) is 2.97. The first-order valence-electron chi connectivity index (χ1n) is 6.47. The lowest BCUT2D eigenvalue weighted by Gasteiger charge is -2.14. The van der Waals surface area contributed by atoms with Crippen molar-refractivity contribution in [3.05, 3.63) is 29.3 Å². The molecule has 2 aliphatic heterocycles. The van der Waals surface area contributed by atoms with Crippen molar-refractivity contribution in [2.24, 2.45) is 0 Å². The Morgan fingerprint density at radius 3 is 3.24 bits per heavy atom. The van der Waals surface area contributed by atoms with Gasteiger partial charge in [0.05, 0.1) is 0 Å². The first kappa shape index (κ1) is 11.4. The highest BCUT2D eigenvalue weighted by Crippen LogP contribution is 2.27. The molecule has 3 heteroatoms. The molecule has 2 aliphatic rings. The largest absolute Gasteiger partial charge is 0.374 e. The van der Waals surface area contributed by atoms with E-state index in [1.54, 1.807) is 0 Å². The highest BCUT2D eigenvalue weighted by molar-refractivity contribution is 7.99. The molecule has 1 aromatic carbocycles. The van der Waals surface area contributed by atoms with E-state index in [-0.39, 0.29) is 0 Å². The van der Waals surface area contributed by atoms with Crippen LogP contribution < -0.4 is 10.2 Å². The third-order valence-electron chi connectivity index (χ3n) is 3.80. The summed E-state index contributed by atoms with van der Waals surface area (Å²) in [7, 11) is 2.18. The number of anilines is 1. The standard InChI is InChI=1S/C14H20N2S/c1-16-6-4-12-8-11(2-3-14(12)16)9-15-13-5-7-17-10-13/h2-3,8,13,15H,4-7,9-10H2,1H3. The van der Waals surface area contributed by atoms with E-state index in [2.05, 4.69) is 47.2 Å². The monoisotopic (exact) mass is 248 g/mol. The Bertz CT molecular complexity index is 399. The smallest absolute Gasteiger partial charge is 0.0397 e. The molecule has 2 heterocycles. The molecule has 3 rings (SSSR count). The number of likely N-dealkylation sites (N-methyl/N-ethyl adjacent to an activating group) is 1. The number of nitrogens with one attached hydrogen (secondary N) is 1. The van der Waals surface area contributed by atoms with E-state index in [1.807, 2.05) is 0 Å². The van der Waals surface area contributed by atoms with Crippen LogP contribution in [0.3, 0.4) is 0 Å². The summed E-state index contributed by atoms with van der Waals surface area (Å²) in [5.41, 5.74) is 4.38. The van der Waals surface area contributed by atoms with Crippen molar-refractivity contribution in [1.82, 2.24) is 5.32 Å². The number of nitrogens with zero attached hydrogens (tertiary/aromatic N) is 1. The molecule has 17 heavy (non-hydrogen) atoms. The Labute approximate surface area is 108 Å². The predicted molar refractivity (Wildman–Crippen MR) is 76.0 cm³/mol. The molecule has 1 aromatic rings. The minimum atomic E-state index is 0.732. The molecule has 0 aromatic heterocycles. The first-order chi connectivity index (χ1) is 8.33. The van der Waals surface area contributed by atoms with Crippen LogP contribution in [0.15, 0.2) is 18.2 Å². The number of rotatable bonds is 3. The van der Waals surface area contributed by atoms with Crippen molar-refractivity contribution >= 4 is 17.4 Å². The third-order valence-corrected chi connectivity index (χ3v) is 4.96. The highest BCUT2D eigenvalue weighted by atomic mass is 32.2. The van der Waals surface area contributed by atoms with Gasteiger partial charge in [0.1, 0.15) is 0 Å². The van der Waals surface area contributed by atoms with Gasteiger partial charge in [-0.1, -0.05) is 12.1 Å². The van der Waals surface area contributed by atoms with Gasteiger partial charge >= 0.3 is 0 Å². The Morgan fingerprint density at radius 2 is 2.41 bits per heavy atom. The zero-order valence-corrected chi connectivity index (χ0v) is 11.2. The number of fused-ring (bicyclic) bond motifs is 1. The molecular formula is C14H20N2S. The first-order valence-corrected chi connectivity index (χ1v) is 7.62. The quantitative estimate of drug-likeness (QED) is 0.883. The van der Waals surface area contributed by atoms with E-state index < -0.39 is 0 Å². The molecule has 0 saturated carbocycles. The zero-order valence-electron chi connectivity index (χ0n) is 10.4. The molecule has 1 fully saturated rings. The van der Waals surface area contributed by atoms with Gasteiger partial charge in [-0.25, -0.2) is 0 Å². The molecule has 0 spiro atoms. The van der Waals surface area contributed by atoms with Gasteiger partial charge in [0.25, 0.3) is 0 Å². The van der Waals surface area contributed by atoms with Crippen molar-refractivity contribution in [2.75, 3.05) is 30.0 Å². The van der Waals surface area contributed by atoms with Crippen molar-refractivity contribution in [3.8, 4) is 0 Å². The van der Waals surface area contributed by atoms with E-state index in [9.17, 15) is 0 Å². The minimum Gasteiger partial charge on any atom is -0.374 e. The summed E-state index contributed by atoms with van der Waals surface area (Å²) >= 11 is 2.07. The van der Waals surface area contributed by atoms with E-state index >= 15 is 0 Å². The fourth-order valence-corrected chi connectivity index (χ4v) is 3.87. The molecule has 92 valence electrons. The average molecular weight is 248 g/mol. The van der Waals surface area contributed by atoms with Crippen molar-refractivity contribution in [1.29, 1.82) is 0 Å². The molecule has 2 nitrogen and oxygen atoms in total. The summed E-state index contributed by atoms with van der Waals surface area (Å²) in [5.74, 6) is 2.61. The van der Waals surface area contributed by atoms with Crippen LogP contribution in [0.25, 0.3) is 0 Å². The third kappa shape index (κ3) is 2.45. The van der Waals surface area contributed by atoms with Crippen LogP contribution in [0.2, 0.25) is 0 Å². The van der Waals surface area contributed by atoms with Gasteiger partial charge in [0.15, 0.2) is 0 Å². The van der Waals surface area contributed by atoms with Gasteiger partial charge in [0.2, 0.25) is 0 Å². The fourth-order valence-electron chi connectivity index (χ4n) is 2.69. The van der Waals surface area contributed by atoms with Gasteiger partial charge in [-0.3, -0.25) is 0 Å². The highest BCUT2D eigenvalue weighted by Gasteiger charge is 2.17. The molecule has 1 unspecified atom stereocenters. The SMILES string of the molecule is CN1CCc2cc(CNC3CCSC3)ccc21. The normalized spacial score (nSPS) is 23.1. The number of benzene rings is 1. The molecule has 1 atom stereocenters. The topological polar surface area (TPSA) is 15.3 Å². The van der Waals surface area contributed by atoms with Gasteiger partial charge in [-0.05, 0) is 35.8 Å². The second-order valence-electron chi connectivity index (χ2n) is 5.08. The van der Waals surface area contributed by atoms with Crippen LogP contribution in [0.4, 0.5) is 5.69 Å². The van der Waals surface area contributed by atoms with E-state index in [0.717, 1.165) is 12.6 Å². The maximum Gasteiger partial charge on any atom is 0.0397 e. The van der Waals surface area contributed by atoms with Crippen LogP contribution in [0.5, 0.6) is 0 Å². The molecule has 1 saturated heterocycles. The molecule has 0 aliphatic carbocycles. The number of hydrogen-bond donors (Lipinski definition) is 1. The summed E-state index contributed by atoms with van der Waals surface area (Å²) < 4.78 is 0. The molecule has 0 bridgehead atoms. The second kappa shape index (κ2) is 4.91. The van der Waals surface area contributed by atoms with Gasteiger partial charge in [0, 0.05) is 37.6 Å². The van der Waals surface area contributed by atoms with Gasteiger partial charge in [-0.2, -0.15) is 11.8 Å². The van der Waals surface area contributed by atoms with Gasteiger partial charge < -0.3 is 10.2 Å². The lowest BCUT2D eigenvalue weighted by atomic mass is 10.1. The lowest BCUT2D eigenvalue weighted by molar-refractivity contribution is 0.558. The van der Waals surface area contributed by atoms with Crippen LogP contribution in [0, 0.1) is 0 Å². The zero-order chi connectivity index (χ0) is 11.7. The van der Waals surface area contributed by atoms with Crippen LogP contribution in [-0.4, -0.2) is 31.1 Å². The minimum absolute atomic E-state index is 0.732. The Hall–Kier alpha value is -0.670. The van der Waals surface area contributed by atoms with Crippen molar-refractivity contribution in [2.45, 2.75) is 25.4 Å². The van der Waals surface area contributed by atoms with Crippen LogP contribution in [-0.2, 0) is 13.0 Å². The molecule has 0 amide bonds. The van der Waals surface area contributed by atoms with Crippen LogP contribution in [0.1, 0.15) is 17.5 Å². The summed E-state index contributed by atoms with van der Waals surface area (Å²) in [4.78, 5) is 2.35. The lowest BCUT2D eigenvalue weighted by Crippen LogP contribution is -2.27. The summed E-state index contributed by atoms with van der Waals surface area (Å²) in [5, 5.41) is 3.67. The van der Waals surface area contributed by atoms with E-state index in [4.69, 9.17) is 0 Å². The van der Waals surface area contributed by atoms with Crippen molar-refractivity contribution < 1.29 is 0 Å². The van der Waals surface area contributed by atoms with E-state index in [1.165, 1.54) is 47.7 Å². The summed E-state index contributed by atoms with van der Waals surface area (Å²) in [6.07, 6.45) is 2.54. The fraction of sp³-hybridized carbons (Fsp3) is 0.571. The predicted octanol–water partition coefficient (Wildman–Crippen LogP) is 2.27.